The largest absolute Gasteiger partial charge is 0.465 e. The van der Waals surface area contributed by atoms with Crippen molar-refractivity contribution in [1.29, 1.82) is 0 Å². The number of hydrogen-bond acceptors (Lipinski definition) is 2. The Morgan fingerprint density at radius 1 is 1.42 bits per heavy atom. The molecule has 1 heterocycles. The van der Waals surface area contributed by atoms with Crippen LogP contribution >= 0.6 is 15.9 Å². The number of carbonyl (C=O) groups is 1. The van der Waals surface area contributed by atoms with E-state index in [1.165, 1.54) is 16.7 Å². The maximum absolute atomic E-state index is 12.2. The summed E-state index contributed by atoms with van der Waals surface area (Å²) in [6.45, 7) is 4.64. The third-order valence-corrected chi connectivity index (χ3v) is 5.02. The fourth-order valence-electron chi connectivity index (χ4n) is 3.45. The number of esters is 1. The molecule has 1 aromatic rings. The molecule has 0 bridgehead atoms. The molecular formula is C16H17BrO2. The van der Waals surface area contributed by atoms with Crippen LogP contribution in [0.25, 0.3) is 0 Å². The number of rotatable bonds is 3. The van der Waals surface area contributed by atoms with Gasteiger partial charge < -0.3 is 4.74 Å². The fraction of sp³-hybridized carbons (Fsp3) is 0.438. The number of fused-ring (bicyclic) bond motifs is 1. The van der Waals surface area contributed by atoms with Crippen LogP contribution in [-0.4, -0.2) is 12.6 Å². The zero-order valence-electron chi connectivity index (χ0n) is 10.8. The molecule has 1 aliphatic heterocycles. The highest BCUT2D eigenvalue weighted by Crippen LogP contribution is 2.52. The van der Waals surface area contributed by atoms with Gasteiger partial charge in [-0.3, -0.25) is 4.79 Å². The predicted molar refractivity (Wildman–Crippen MR) is 78.0 cm³/mol. The topological polar surface area (TPSA) is 26.3 Å². The summed E-state index contributed by atoms with van der Waals surface area (Å²) in [5.41, 5.74) is 3.31. The van der Waals surface area contributed by atoms with Crippen molar-refractivity contribution in [3.63, 3.8) is 0 Å². The van der Waals surface area contributed by atoms with E-state index in [1.54, 1.807) is 0 Å². The van der Waals surface area contributed by atoms with Gasteiger partial charge in [-0.05, 0) is 30.4 Å². The van der Waals surface area contributed by atoms with Gasteiger partial charge in [0.1, 0.15) is 0 Å². The Kier molecular flexibility index (Phi) is 3.25. The van der Waals surface area contributed by atoms with E-state index >= 15 is 0 Å². The van der Waals surface area contributed by atoms with Gasteiger partial charge in [-0.1, -0.05) is 52.3 Å². The van der Waals surface area contributed by atoms with Gasteiger partial charge >= 0.3 is 5.97 Å². The van der Waals surface area contributed by atoms with E-state index in [9.17, 15) is 4.79 Å². The van der Waals surface area contributed by atoms with Crippen molar-refractivity contribution in [3.8, 4) is 0 Å². The molecule has 3 rings (SSSR count). The Morgan fingerprint density at radius 3 is 3.00 bits per heavy atom. The predicted octanol–water partition coefficient (Wildman–Crippen LogP) is 3.63. The van der Waals surface area contributed by atoms with E-state index in [0.29, 0.717) is 12.5 Å². The summed E-state index contributed by atoms with van der Waals surface area (Å²) < 4.78 is 5.31. The SMILES string of the molecule is C=C1CC2COC(=O)C2(Cc2cccc(CBr)c2)C1. The monoisotopic (exact) mass is 320 g/mol. The lowest BCUT2D eigenvalue weighted by atomic mass is 9.75. The van der Waals surface area contributed by atoms with Crippen LogP contribution in [-0.2, 0) is 21.3 Å². The van der Waals surface area contributed by atoms with Crippen LogP contribution in [0.3, 0.4) is 0 Å². The molecule has 2 aliphatic rings. The molecule has 100 valence electrons. The average Bonchev–Trinajstić information content (AvgIpc) is 2.86. The number of carbonyl (C=O) groups excluding carboxylic acids is 1. The molecule has 2 unspecified atom stereocenters. The molecule has 2 fully saturated rings. The second-order valence-corrected chi connectivity index (χ2v) is 6.27. The minimum Gasteiger partial charge on any atom is -0.465 e. The Bertz CT molecular complexity index is 537. The van der Waals surface area contributed by atoms with Crippen molar-refractivity contribution >= 4 is 21.9 Å². The van der Waals surface area contributed by atoms with Crippen molar-refractivity contribution in [2.75, 3.05) is 6.61 Å². The van der Waals surface area contributed by atoms with Crippen molar-refractivity contribution < 1.29 is 9.53 Å². The van der Waals surface area contributed by atoms with Gasteiger partial charge in [0.2, 0.25) is 0 Å². The second-order valence-electron chi connectivity index (χ2n) is 5.71. The first-order valence-electron chi connectivity index (χ1n) is 6.62. The lowest BCUT2D eigenvalue weighted by Gasteiger charge is -2.24. The van der Waals surface area contributed by atoms with Crippen molar-refractivity contribution in [1.82, 2.24) is 0 Å². The van der Waals surface area contributed by atoms with E-state index in [0.717, 1.165) is 24.6 Å². The first kappa shape index (κ1) is 12.9. The number of cyclic esters (lactones) is 1. The summed E-state index contributed by atoms with van der Waals surface area (Å²) in [5.74, 6) is 0.292. The summed E-state index contributed by atoms with van der Waals surface area (Å²) in [6.07, 6.45) is 2.50. The van der Waals surface area contributed by atoms with Crippen molar-refractivity contribution in [2.24, 2.45) is 11.3 Å². The van der Waals surface area contributed by atoms with E-state index in [1.807, 2.05) is 0 Å². The standard InChI is InChI=1S/C16H17BrO2/c1-11-5-14-10-19-15(18)16(14,7-11)8-12-3-2-4-13(6-12)9-17/h2-4,6,14H,1,5,7-10H2. The zero-order valence-corrected chi connectivity index (χ0v) is 12.4. The normalized spacial score (nSPS) is 29.4. The van der Waals surface area contributed by atoms with Crippen LogP contribution in [0.4, 0.5) is 0 Å². The van der Waals surface area contributed by atoms with Crippen molar-refractivity contribution in [3.05, 3.63) is 47.5 Å². The summed E-state index contributed by atoms with van der Waals surface area (Å²) >= 11 is 3.47. The Labute approximate surface area is 122 Å². The Hall–Kier alpha value is -1.09. The number of allylic oxidation sites excluding steroid dienone is 1. The molecule has 1 aliphatic carbocycles. The van der Waals surface area contributed by atoms with Gasteiger partial charge in [0, 0.05) is 11.2 Å². The summed E-state index contributed by atoms with van der Waals surface area (Å²) in [7, 11) is 0. The van der Waals surface area contributed by atoms with E-state index in [-0.39, 0.29) is 11.4 Å². The summed E-state index contributed by atoms with van der Waals surface area (Å²) in [5, 5.41) is 0.842. The average molecular weight is 321 g/mol. The van der Waals surface area contributed by atoms with Crippen LogP contribution in [0, 0.1) is 11.3 Å². The van der Waals surface area contributed by atoms with E-state index < -0.39 is 0 Å². The summed E-state index contributed by atoms with van der Waals surface area (Å²) in [6, 6.07) is 8.42. The highest BCUT2D eigenvalue weighted by Gasteiger charge is 2.55. The second kappa shape index (κ2) is 4.78. The van der Waals surface area contributed by atoms with Crippen LogP contribution in [0.5, 0.6) is 0 Å². The molecule has 1 aromatic carbocycles. The molecule has 19 heavy (non-hydrogen) atoms. The maximum Gasteiger partial charge on any atom is 0.313 e. The molecule has 0 aromatic heterocycles. The number of ether oxygens (including phenoxy) is 1. The molecule has 1 saturated carbocycles. The van der Waals surface area contributed by atoms with Crippen LogP contribution in [0.1, 0.15) is 24.0 Å². The maximum atomic E-state index is 12.2. The first-order valence-corrected chi connectivity index (χ1v) is 7.74. The van der Waals surface area contributed by atoms with Crippen LogP contribution in [0.15, 0.2) is 36.4 Å². The summed E-state index contributed by atoms with van der Waals surface area (Å²) in [4.78, 5) is 12.2. The van der Waals surface area contributed by atoms with Crippen LogP contribution < -0.4 is 0 Å². The minimum absolute atomic E-state index is 0.0274. The van der Waals surface area contributed by atoms with Gasteiger partial charge in [-0.2, -0.15) is 0 Å². The Morgan fingerprint density at radius 2 is 2.21 bits per heavy atom. The molecule has 2 atom stereocenters. The number of benzene rings is 1. The highest BCUT2D eigenvalue weighted by molar-refractivity contribution is 9.08. The lowest BCUT2D eigenvalue weighted by molar-refractivity contribution is -0.146. The molecule has 0 amide bonds. The molecule has 1 saturated heterocycles. The van der Waals surface area contributed by atoms with Gasteiger partial charge in [0.15, 0.2) is 0 Å². The third-order valence-electron chi connectivity index (χ3n) is 4.37. The van der Waals surface area contributed by atoms with Crippen molar-refractivity contribution in [2.45, 2.75) is 24.6 Å². The smallest absolute Gasteiger partial charge is 0.313 e. The molecular weight excluding hydrogens is 304 g/mol. The third kappa shape index (κ3) is 2.14. The van der Waals surface area contributed by atoms with Crippen LogP contribution in [0.2, 0.25) is 0 Å². The van der Waals surface area contributed by atoms with Gasteiger partial charge in [0.25, 0.3) is 0 Å². The van der Waals surface area contributed by atoms with E-state index in [4.69, 9.17) is 4.74 Å². The highest BCUT2D eigenvalue weighted by atomic mass is 79.9. The first-order chi connectivity index (χ1) is 9.14. The van der Waals surface area contributed by atoms with Gasteiger partial charge in [-0.25, -0.2) is 0 Å². The fourth-order valence-corrected chi connectivity index (χ4v) is 3.80. The molecule has 0 spiro atoms. The van der Waals surface area contributed by atoms with Gasteiger partial charge in [0.05, 0.1) is 12.0 Å². The zero-order chi connectivity index (χ0) is 13.5. The molecule has 3 heteroatoms. The number of halogens is 1. The molecule has 0 N–H and O–H groups in total. The number of hydrogen-bond donors (Lipinski definition) is 0. The molecule has 2 nitrogen and oxygen atoms in total. The molecule has 0 radical (unpaired) electrons. The minimum atomic E-state index is -0.345. The quantitative estimate of drug-likeness (QED) is 0.483. The Balaban J connectivity index is 1.91. The van der Waals surface area contributed by atoms with E-state index in [2.05, 4.69) is 46.8 Å². The number of alkyl halides is 1. The lowest BCUT2D eigenvalue weighted by Crippen LogP contribution is -2.31. The van der Waals surface area contributed by atoms with Gasteiger partial charge in [-0.15, -0.1) is 0 Å².